The van der Waals surface area contributed by atoms with E-state index in [0.717, 1.165) is 29.3 Å². The van der Waals surface area contributed by atoms with Crippen LogP contribution in [0.25, 0.3) is 16.5 Å². The van der Waals surface area contributed by atoms with E-state index in [4.69, 9.17) is 0 Å². The van der Waals surface area contributed by atoms with Gasteiger partial charge < -0.3 is 4.98 Å². The molecule has 1 aromatic carbocycles. The lowest BCUT2D eigenvalue weighted by molar-refractivity contribution is -0.122. The van der Waals surface area contributed by atoms with Crippen LogP contribution in [-0.2, 0) is 21.2 Å². The van der Waals surface area contributed by atoms with E-state index in [1.165, 1.54) is 10.9 Å². The highest BCUT2D eigenvalue weighted by Gasteiger charge is 2.36. The molecule has 0 fully saturated rings. The van der Waals surface area contributed by atoms with Gasteiger partial charge in [-0.1, -0.05) is 18.2 Å². The number of rotatable bonds is 2. The van der Waals surface area contributed by atoms with Crippen molar-refractivity contribution in [1.82, 2.24) is 14.6 Å². The number of amides is 1. The van der Waals surface area contributed by atoms with E-state index in [2.05, 4.69) is 26.9 Å². The minimum atomic E-state index is -3.55. The van der Waals surface area contributed by atoms with Crippen LogP contribution in [-0.4, -0.2) is 50.1 Å². The largest absolute Gasteiger partial charge is 0.361 e. The summed E-state index contributed by atoms with van der Waals surface area (Å²) in [6.07, 6.45) is 5.89. The van der Waals surface area contributed by atoms with Gasteiger partial charge in [0, 0.05) is 29.7 Å². The van der Waals surface area contributed by atoms with Crippen molar-refractivity contribution in [2.24, 2.45) is 5.92 Å². The zero-order valence-electron chi connectivity index (χ0n) is 13.5. The average molecular weight is 345 g/mol. The number of hydrogen-bond donors (Lipinski definition) is 2. The maximum absolute atomic E-state index is 12.3. The Hall–Kier alpha value is -2.12. The zero-order chi connectivity index (χ0) is 17.1. The van der Waals surface area contributed by atoms with Crippen LogP contribution in [0.4, 0.5) is 0 Å². The number of benzene rings is 1. The Bertz CT molecular complexity index is 974. The van der Waals surface area contributed by atoms with Gasteiger partial charge in [-0.05, 0) is 36.2 Å². The molecule has 1 aromatic heterocycles. The van der Waals surface area contributed by atoms with Gasteiger partial charge in [-0.2, -0.15) is 0 Å². The van der Waals surface area contributed by atoms with Crippen LogP contribution in [0.3, 0.4) is 0 Å². The van der Waals surface area contributed by atoms with E-state index >= 15 is 0 Å². The van der Waals surface area contributed by atoms with Crippen molar-refractivity contribution in [3.8, 4) is 0 Å². The molecular weight excluding hydrogens is 326 g/mol. The van der Waals surface area contributed by atoms with Gasteiger partial charge in [0.25, 0.3) is 0 Å². The van der Waals surface area contributed by atoms with E-state index in [0.29, 0.717) is 6.54 Å². The normalized spacial score (nSPS) is 23.7. The van der Waals surface area contributed by atoms with Gasteiger partial charge in [-0.3, -0.25) is 14.4 Å². The van der Waals surface area contributed by atoms with Gasteiger partial charge in [0.1, 0.15) is 0 Å². The van der Waals surface area contributed by atoms with E-state index < -0.39 is 21.8 Å². The van der Waals surface area contributed by atoms with Crippen LogP contribution in [0.1, 0.15) is 11.1 Å². The third-order valence-electron chi connectivity index (χ3n) is 4.89. The molecule has 0 saturated carbocycles. The molecule has 1 aliphatic carbocycles. The highest BCUT2D eigenvalue weighted by atomic mass is 32.2. The quantitative estimate of drug-likeness (QED) is 0.854. The number of sulfonamides is 1. The maximum atomic E-state index is 12.3. The Morgan fingerprint density at radius 2 is 2.17 bits per heavy atom. The predicted molar refractivity (Wildman–Crippen MR) is 92.9 cm³/mol. The van der Waals surface area contributed by atoms with Crippen molar-refractivity contribution in [2.45, 2.75) is 12.5 Å². The summed E-state index contributed by atoms with van der Waals surface area (Å²) in [6, 6.07) is 6.33. The molecule has 1 aliphatic heterocycles. The highest BCUT2D eigenvalue weighted by Crippen LogP contribution is 2.40. The highest BCUT2D eigenvalue weighted by molar-refractivity contribution is 7.89. The number of carbonyl (C=O) groups is 1. The van der Waals surface area contributed by atoms with Gasteiger partial charge in [0.2, 0.25) is 15.9 Å². The lowest BCUT2D eigenvalue weighted by Gasteiger charge is -2.39. The van der Waals surface area contributed by atoms with Gasteiger partial charge in [-0.15, -0.1) is 0 Å². The first kappa shape index (κ1) is 15.4. The van der Waals surface area contributed by atoms with Gasteiger partial charge in [-0.25, -0.2) is 8.42 Å². The van der Waals surface area contributed by atoms with Crippen LogP contribution in [0, 0.1) is 5.92 Å². The van der Waals surface area contributed by atoms with Gasteiger partial charge in [0.05, 0.1) is 12.2 Å². The number of H-pyrrole nitrogens is 1. The molecule has 1 amide bonds. The molecule has 126 valence electrons. The molecule has 0 saturated heterocycles. The predicted octanol–water partition coefficient (Wildman–Crippen LogP) is 1.11. The number of nitrogens with one attached hydrogen (secondary N) is 2. The second kappa shape index (κ2) is 5.19. The SMILES string of the molecule is CN1CC(C(=O)NS(C)(=O)=O)C=C2c3cccc4[nH]cc(c34)CC21. The topological polar surface area (TPSA) is 82.3 Å². The number of aromatic amines is 1. The molecule has 0 spiro atoms. The second-order valence-electron chi connectivity index (χ2n) is 6.67. The molecule has 6 nitrogen and oxygen atoms in total. The first-order valence-corrected chi connectivity index (χ1v) is 9.75. The summed E-state index contributed by atoms with van der Waals surface area (Å²) < 4.78 is 24.8. The Kier molecular flexibility index (Phi) is 3.33. The third-order valence-corrected chi connectivity index (χ3v) is 5.46. The van der Waals surface area contributed by atoms with E-state index in [9.17, 15) is 13.2 Å². The Morgan fingerprint density at radius 1 is 1.38 bits per heavy atom. The van der Waals surface area contributed by atoms with E-state index in [1.807, 2.05) is 25.3 Å². The van der Waals surface area contributed by atoms with E-state index in [1.54, 1.807) is 0 Å². The number of aromatic nitrogens is 1. The van der Waals surface area contributed by atoms with Crippen molar-refractivity contribution in [2.75, 3.05) is 19.8 Å². The van der Waals surface area contributed by atoms with Crippen LogP contribution in [0.5, 0.6) is 0 Å². The minimum absolute atomic E-state index is 0.209. The summed E-state index contributed by atoms with van der Waals surface area (Å²) in [4.78, 5) is 17.7. The van der Waals surface area contributed by atoms with Crippen molar-refractivity contribution < 1.29 is 13.2 Å². The number of carbonyl (C=O) groups excluding carboxylic acids is 1. The molecule has 24 heavy (non-hydrogen) atoms. The molecular formula is C17H19N3O3S. The summed E-state index contributed by atoms with van der Waals surface area (Å²) in [5.74, 6) is -0.950. The zero-order valence-corrected chi connectivity index (χ0v) is 14.4. The Labute approximate surface area is 140 Å². The first-order chi connectivity index (χ1) is 11.3. The fourth-order valence-corrected chi connectivity index (χ4v) is 4.39. The fourth-order valence-electron chi connectivity index (χ4n) is 3.87. The lowest BCUT2D eigenvalue weighted by Crippen LogP contribution is -2.47. The number of likely N-dealkylation sites (N-methyl/N-ethyl adjacent to an activating group) is 1. The number of nitrogens with zero attached hydrogens (tertiary/aromatic N) is 1. The summed E-state index contributed by atoms with van der Waals surface area (Å²) >= 11 is 0. The summed E-state index contributed by atoms with van der Waals surface area (Å²) in [6.45, 7) is 0.505. The van der Waals surface area contributed by atoms with Crippen molar-refractivity contribution in [3.05, 3.63) is 41.6 Å². The van der Waals surface area contributed by atoms with Gasteiger partial charge >= 0.3 is 0 Å². The monoisotopic (exact) mass is 345 g/mol. The lowest BCUT2D eigenvalue weighted by atomic mass is 9.80. The van der Waals surface area contributed by atoms with Crippen LogP contribution in [0.2, 0.25) is 0 Å². The Balaban J connectivity index is 1.80. The fraction of sp³-hybridized carbons (Fsp3) is 0.353. The van der Waals surface area contributed by atoms with Crippen molar-refractivity contribution in [1.29, 1.82) is 0 Å². The first-order valence-electron chi connectivity index (χ1n) is 7.86. The molecule has 4 rings (SSSR count). The van der Waals surface area contributed by atoms with Gasteiger partial charge in [0.15, 0.2) is 0 Å². The maximum Gasteiger partial charge on any atom is 0.241 e. The van der Waals surface area contributed by atoms with E-state index in [-0.39, 0.29) is 6.04 Å². The summed E-state index contributed by atoms with van der Waals surface area (Å²) in [7, 11) is -1.57. The molecule has 0 bridgehead atoms. The number of fused-ring (bicyclic) bond motifs is 2. The molecule has 2 aliphatic rings. The molecule has 2 aromatic rings. The summed E-state index contributed by atoms with van der Waals surface area (Å²) in [5, 5.41) is 1.21. The standard InChI is InChI=1S/C17H19N3O3S/c1-20-9-11(17(21)19-24(2,22)23)6-13-12-4-3-5-14-16(12)10(8-18-14)7-15(13)20/h3-6,8,11,15,18H,7,9H2,1-2H3,(H,19,21). The van der Waals surface area contributed by atoms with Crippen molar-refractivity contribution >= 4 is 32.4 Å². The molecule has 2 N–H and O–H groups in total. The Morgan fingerprint density at radius 3 is 2.92 bits per heavy atom. The molecule has 0 radical (unpaired) electrons. The smallest absolute Gasteiger partial charge is 0.241 e. The van der Waals surface area contributed by atoms with Crippen LogP contribution < -0.4 is 4.72 Å². The second-order valence-corrected chi connectivity index (χ2v) is 8.42. The molecule has 2 atom stereocenters. The molecule has 2 heterocycles. The summed E-state index contributed by atoms with van der Waals surface area (Å²) in [5.41, 5.74) is 4.61. The molecule has 7 heteroatoms. The van der Waals surface area contributed by atoms with Crippen molar-refractivity contribution in [3.63, 3.8) is 0 Å². The van der Waals surface area contributed by atoms with Crippen LogP contribution in [0.15, 0.2) is 30.5 Å². The average Bonchev–Trinajstić information content (AvgIpc) is 2.91. The number of hydrogen-bond acceptors (Lipinski definition) is 4. The molecule has 2 unspecified atom stereocenters. The third kappa shape index (κ3) is 2.44. The minimum Gasteiger partial charge on any atom is -0.361 e. The van der Waals surface area contributed by atoms with Crippen LogP contribution >= 0.6 is 0 Å².